The minimum Gasteiger partial charge on any atom is -0.457 e. The van der Waals surface area contributed by atoms with E-state index < -0.39 is 0 Å². The van der Waals surface area contributed by atoms with Crippen LogP contribution in [0.3, 0.4) is 0 Å². The molecule has 3 aromatic rings. The van der Waals surface area contributed by atoms with E-state index in [1.165, 1.54) is 0 Å². The van der Waals surface area contributed by atoms with Crippen molar-refractivity contribution < 1.29 is 9.53 Å². The van der Waals surface area contributed by atoms with Gasteiger partial charge in [-0.05, 0) is 56.3 Å². The molecule has 0 aliphatic heterocycles. The highest BCUT2D eigenvalue weighted by Gasteiger charge is 2.10. The lowest BCUT2D eigenvalue weighted by Gasteiger charge is -2.10. The third kappa shape index (κ3) is 3.44. The van der Waals surface area contributed by atoms with Crippen LogP contribution in [0, 0.1) is 13.8 Å². The fraction of sp³-hybridized carbons (Fsp3) is 0.150. The van der Waals surface area contributed by atoms with Gasteiger partial charge in [0, 0.05) is 27.1 Å². The van der Waals surface area contributed by atoms with Crippen LogP contribution in [0.25, 0.3) is 5.69 Å². The number of aromatic nitrogens is 1. The van der Waals surface area contributed by atoms with Crippen LogP contribution in [0.1, 0.15) is 27.3 Å². The number of hydrogen-bond donors (Lipinski definition) is 0. The summed E-state index contributed by atoms with van der Waals surface area (Å²) in [7, 11) is 0. The van der Waals surface area contributed by atoms with Crippen LogP contribution in [0.15, 0.2) is 65.1 Å². The van der Waals surface area contributed by atoms with Gasteiger partial charge in [0.15, 0.2) is 0 Å². The molecule has 1 aromatic heterocycles. The highest BCUT2D eigenvalue weighted by Crippen LogP contribution is 2.19. The maximum absolute atomic E-state index is 12.2. The Hall–Kier alpha value is -2.33. The summed E-state index contributed by atoms with van der Waals surface area (Å²) in [5.74, 6) is -0.321. The van der Waals surface area contributed by atoms with Crippen LogP contribution < -0.4 is 0 Å². The van der Waals surface area contributed by atoms with Gasteiger partial charge >= 0.3 is 5.97 Å². The monoisotopic (exact) mass is 383 g/mol. The van der Waals surface area contributed by atoms with Crippen molar-refractivity contribution in [1.29, 1.82) is 0 Å². The van der Waals surface area contributed by atoms with E-state index in [-0.39, 0.29) is 12.6 Å². The molecule has 0 saturated heterocycles. The van der Waals surface area contributed by atoms with Crippen molar-refractivity contribution in [3.05, 3.63) is 87.7 Å². The molecule has 0 spiro atoms. The molecule has 1 heterocycles. The third-order valence-corrected chi connectivity index (χ3v) is 4.72. The summed E-state index contributed by atoms with van der Waals surface area (Å²) in [4.78, 5) is 12.2. The SMILES string of the molecule is Cc1ccc(C)n1-c1ccc(C(=O)OCc2ccccc2Br)cc1. The summed E-state index contributed by atoms with van der Waals surface area (Å²) in [6.45, 7) is 4.37. The lowest BCUT2D eigenvalue weighted by molar-refractivity contribution is 0.0472. The predicted molar refractivity (Wildman–Crippen MR) is 98.5 cm³/mol. The number of hydrogen-bond acceptors (Lipinski definition) is 2. The van der Waals surface area contributed by atoms with Gasteiger partial charge in [-0.2, -0.15) is 0 Å². The zero-order valence-corrected chi connectivity index (χ0v) is 15.2. The average Bonchev–Trinajstić information content (AvgIpc) is 2.93. The van der Waals surface area contributed by atoms with Crippen molar-refractivity contribution in [2.75, 3.05) is 0 Å². The first-order valence-corrected chi connectivity index (χ1v) is 8.51. The standard InChI is InChI=1S/C20H18BrNO2/c1-14-7-8-15(2)22(14)18-11-9-16(10-12-18)20(23)24-13-17-5-3-4-6-19(17)21/h3-12H,13H2,1-2H3. The van der Waals surface area contributed by atoms with Gasteiger partial charge in [0.05, 0.1) is 5.56 Å². The number of halogens is 1. The van der Waals surface area contributed by atoms with Crippen molar-refractivity contribution in [2.24, 2.45) is 0 Å². The van der Waals surface area contributed by atoms with Gasteiger partial charge in [-0.25, -0.2) is 4.79 Å². The molecule has 0 saturated carbocycles. The number of esters is 1. The third-order valence-electron chi connectivity index (χ3n) is 3.95. The van der Waals surface area contributed by atoms with Gasteiger partial charge in [0.2, 0.25) is 0 Å². The Morgan fingerprint density at radius 1 is 0.958 bits per heavy atom. The molecule has 2 aromatic carbocycles. The minimum absolute atomic E-state index is 0.248. The second-order valence-electron chi connectivity index (χ2n) is 5.67. The summed E-state index contributed by atoms with van der Waals surface area (Å²) in [6.07, 6.45) is 0. The highest BCUT2D eigenvalue weighted by atomic mass is 79.9. The number of carbonyl (C=O) groups excluding carboxylic acids is 1. The fourth-order valence-corrected chi connectivity index (χ4v) is 3.06. The van der Waals surface area contributed by atoms with E-state index in [1.54, 1.807) is 12.1 Å². The first-order valence-electron chi connectivity index (χ1n) is 7.72. The molecule has 3 rings (SSSR count). The van der Waals surface area contributed by atoms with E-state index >= 15 is 0 Å². The smallest absolute Gasteiger partial charge is 0.338 e. The average molecular weight is 384 g/mol. The molecule has 0 bridgehead atoms. The van der Waals surface area contributed by atoms with Crippen molar-refractivity contribution in [3.8, 4) is 5.69 Å². The molecule has 0 unspecified atom stereocenters. The maximum atomic E-state index is 12.2. The summed E-state index contributed by atoms with van der Waals surface area (Å²) < 4.78 is 8.48. The number of benzene rings is 2. The Balaban J connectivity index is 1.71. The van der Waals surface area contributed by atoms with Crippen LogP contribution in [0.2, 0.25) is 0 Å². The van der Waals surface area contributed by atoms with Crippen LogP contribution in [0.5, 0.6) is 0 Å². The van der Waals surface area contributed by atoms with Crippen LogP contribution >= 0.6 is 15.9 Å². The molecule has 0 amide bonds. The molecule has 0 atom stereocenters. The first kappa shape index (κ1) is 16.5. The number of ether oxygens (including phenoxy) is 1. The van der Waals surface area contributed by atoms with Crippen molar-refractivity contribution in [3.63, 3.8) is 0 Å². The Morgan fingerprint density at radius 3 is 2.21 bits per heavy atom. The number of rotatable bonds is 4. The van der Waals surface area contributed by atoms with Crippen LogP contribution in [-0.4, -0.2) is 10.5 Å². The summed E-state index contributed by atoms with van der Waals surface area (Å²) in [5.41, 5.74) is 4.86. The number of aryl methyl sites for hydroxylation is 2. The second-order valence-corrected chi connectivity index (χ2v) is 6.52. The van der Waals surface area contributed by atoms with E-state index in [2.05, 4.69) is 46.5 Å². The molecule has 0 radical (unpaired) electrons. The highest BCUT2D eigenvalue weighted by molar-refractivity contribution is 9.10. The van der Waals surface area contributed by atoms with E-state index in [9.17, 15) is 4.79 Å². The lowest BCUT2D eigenvalue weighted by Crippen LogP contribution is -2.06. The van der Waals surface area contributed by atoms with Gasteiger partial charge in [0.25, 0.3) is 0 Å². The summed E-state index contributed by atoms with van der Waals surface area (Å²) >= 11 is 3.45. The molecule has 0 fully saturated rings. The fourth-order valence-electron chi connectivity index (χ4n) is 2.66. The Morgan fingerprint density at radius 2 is 1.58 bits per heavy atom. The Kier molecular flexibility index (Phi) is 4.86. The van der Waals surface area contributed by atoms with E-state index in [0.717, 1.165) is 27.1 Å². The largest absolute Gasteiger partial charge is 0.457 e. The normalized spacial score (nSPS) is 10.6. The first-order chi connectivity index (χ1) is 11.6. The van der Waals surface area contributed by atoms with Gasteiger partial charge in [-0.3, -0.25) is 0 Å². The topological polar surface area (TPSA) is 31.2 Å². The Labute approximate surface area is 150 Å². The molecular formula is C20H18BrNO2. The molecule has 0 aliphatic carbocycles. The van der Waals surface area contributed by atoms with Gasteiger partial charge in [-0.15, -0.1) is 0 Å². The van der Waals surface area contributed by atoms with Crippen molar-refractivity contribution in [1.82, 2.24) is 4.57 Å². The molecule has 4 heteroatoms. The van der Waals surface area contributed by atoms with Gasteiger partial charge in [0.1, 0.15) is 6.61 Å². The van der Waals surface area contributed by atoms with Crippen molar-refractivity contribution in [2.45, 2.75) is 20.5 Å². The summed E-state index contributed by atoms with van der Waals surface area (Å²) in [5, 5.41) is 0. The van der Waals surface area contributed by atoms with Crippen LogP contribution in [0.4, 0.5) is 0 Å². The molecule has 0 N–H and O–H groups in total. The molecule has 122 valence electrons. The summed E-state index contributed by atoms with van der Waals surface area (Å²) in [6, 6.07) is 19.4. The zero-order chi connectivity index (χ0) is 17.1. The number of nitrogens with zero attached hydrogens (tertiary/aromatic N) is 1. The second kappa shape index (κ2) is 7.05. The van der Waals surface area contributed by atoms with Gasteiger partial charge < -0.3 is 9.30 Å². The van der Waals surface area contributed by atoms with Gasteiger partial charge in [-0.1, -0.05) is 34.1 Å². The maximum Gasteiger partial charge on any atom is 0.338 e. The van der Waals surface area contributed by atoms with E-state index in [4.69, 9.17) is 4.74 Å². The molecule has 3 nitrogen and oxygen atoms in total. The zero-order valence-electron chi connectivity index (χ0n) is 13.6. The van der Waals surface area contributed by atoms with Crippen LogP contribution in [-0.2, 0) is 11.3 Å². The van der Waals surface area contributed by atoms with E-state index in [0.29, 0.717) is 5.56 Å². The van der Waals surface area contributed by atoms with E-state index in [1.807, 2.05) is 36.4 Å². The predicted octanol–water partition coefficient (Wildman–Crippen LogP) is 5.21. The molecular weight excluding hydrogens is 366 g/mol. The number of carbonyl (C=O) groups is 1. The van der Waals surface area contributed by atoms with Crippen molar-refractivity contribution >= 4 is 21.9 Å². The Bertz CT molecular complexity index is 846. The lowest BCUT2D eigenvalue weighted by atomic mass is 10.2. The minimum atomic E-state index is -0.321. The molecule has 24 heavy (non-hydrogen) atoms. The quantitative estimate of drug-likeness (QED) is 0.578. The molecule has 0 aliphatic rings.